The minimum atomic E-state index is -1.55. The topological polar surface area (TPSA) is 72.8 Å². The maximum atomic E-state index is 12.2. The first kappa shape index (κ1) is 17.9. The fraction of sp³-hybridized carbons (Fsp3) is 0.368. The van der Waals surface area contributed by atoms with E-state index in [4.69, 9.17) is 9.47 Å². The molecule has 0 spiro atoms. The molecule has 0 heterocycles. The molecule has 0 radical (unpaired) electrons. The Bertz CT molecular complexity index is 704. The van der Waals surface area contributed by atoms with E-state index in [1.54, 1.807) is 13.8 Å². The molecular weight excluding hydrogens is 308 g/mol. The van der Waals surface area contributed by atoms with E-state index in [9.17, 15) is 14.7 Å². The highest BCUT2D eigenvalue weighted by molar-refractivity contribution is 5.88. The number of benzene rings is 2. The predicted octanol–water partition coefficient (Wildman–Crippen LogP) is 2.49. The summed E-state index contributed by atoms with van der Waals surface area (Å²) in [4.78, 5) is 24.1. The van der Waals surface area contributed by atoms with Gasteiger partial charge in [-0.25, -0.2) is 4.79 Å². The van der Waals surface area contributed by atoms with Gasteiger partial charge in [-0.2, -0.15) is 0 Å². The largest absolute Gasteiger partial charge is 0.466 e. The van der Waals surface area contributed by atoms with Crippen LogP contribution >= 0.6 is 0 Å². The van der Waals surface area contributed by atoms with E-state index in [0.717, 1.165) is 16.3 Å². The quantitative estimate of drug-likeness (QED) is 0.790. The van der Waals surface area contributed by atoms with Crippen LogP contribution in [0.4, 0.5) is 0 Å². The Morgan fingerprint density at radius 3 is 2.29 bits per heavy atom. The molecule has 2 aromatic rings. The van der Waals surface area contributed by atoms with Crippen molar-refractivity contribution in [2.45, 2.75) is 26.4 Å². The zero-order chi connectivity index (χ0) is 17.5. The minimum Gasteiger partial charge on any atom is -0.466 e. The van der Waals surface area contributed by atoms with Crippen LogP contribution in [0.15, 0.2) is 42.5 Å². The molecule has 2 aromatic carbocycles. The minimum absolute atomic E-state index is 0.139. The van der Waals surface area contributed by atoms with Crippen LogP contribution in [0.1, 0.15) is 19.4 Å². The first-order valence-corrected chi connectivity index (χ1v) is 8.06. The van der Waals surface area contributed by atoms with Gasteiger partial charge in [0, 0.05) is 0 Å². The Labute approximate surface area is 141 Å². The second kappa shape index (κ2) is 8.45. The zero-order valence-electron chi connectivity index (χ0n) is 13.9. The average molecular weight is 330 g/mol. The van der Waals surface area contributed by atoms with Crippen molar-refractivity contribution in [1.82, 2.24) is 0 Å². The molecule has 2 rings (SSSR count). The van der Waals surface area contributed by atoms with Crippen molar-refractivity contribution in [3.05, 3.63) is 48.0 Å². The molecule has 0 aromatic heterocycles. The second-order valence-corrected chi connectivity index (χ2v) is 5.40. The highest BCUT2D eigenvalue weighted by Gasteiger charge is 2.34. The standard InChI is InChI=1S/C19H22O5/c1-3-23-18(21)16(17(20)19(22)24-4-2)12-14-10-7-9-13-8-5-6-11-15(13)14/h5-11,16-17,20H,3-4,12H2,1-2H3/t16-,17+/m1/s1. The normalized spacial score (nSPS) is 13.3. The van der Waals surface area contributed by atoms with Crippen molar-refractivity contribution in [3.63, 3.8) is 0 Å². The van der Waals surface area contributed by atoms with Gasteiger partial charge >= 0.3 is 11.9 Å². The molecule has 0 unspecified atom stereocenters. The number of fused-ring (bicyclic) bond motifs is 1. The summed E-state index contributed by atoms with van der Waals surface area (Å²) in [7, 11) is 0. The van der Waals surface area contributed by atoms with Gasteiger partial charge in [0.15, 0.2) is 6.10 Å². The lowest BCUT2D eigenvalue weighted by atomic mass is 9.91. The summed E-state index contributed by atoms with van der Waals surface area (Å²) >= 11 is 0. The maximum absolute atomic E-state index is 12.2. The summed E-state index contributed by atoms with van der Waals surface area (Å²) in [6.07, 6.45) is -1.36. The Morgan fingerprint density at radius 2 is 1.58 bits per heavy atom. The van der Waals surface area contributed by atoms with Crippen LogP contribution in [-0.4, -0.2) is 36.4 Å². The second-order valence-electron chi connectivity index (χ2n) is 5.40. The fourth-order valence-corrected chi connectivity index (χ4v) is 2.67. The first-order chi connectivity index (χ1) is 11.6. The SMILES string of the molecule is CCOC(=O)[C@@H](O)[C@@H](Cc1cccc2ccccc12)C(=O)OCC. The van der Waals surface area contributed by atoms with Crippen LogP contribution in [-0.2, 0) is 25.5 Å². The van der Waals surface area contributed by atoms with Gasteiger partial charge in [-0.1, -0.05) is 42.5 Å². The first-order valence-electron chi connectivity index (χ1n) is 8.06. The summed E-state index contributed by atoms with van der Waals surface area (Å²) in [6, 6.07) is 13.5. The van der Waals surface area contributed by atoms with Crippen molar-refractivity contribution >= 4 is 22.7 Å². The maximum Gasteiger partial charge on any atom is 0.335 e. The number of hydrogen-bond acceptors (Lipinski definition) is 5. The van der Waals surface area contributed by atoms with Gasteiger partial charge in [0.1, 0.15) is 0 Å². The van der Waals surface area contributed by atoms with E-state index in [2.05, 4.69) is 0 Å². The predicted molar refractivity (Wildman–Crippen MR) is 90.4 cm³/mol. The number of carbonyl (C=O) groups excluding carboxylic acids is 2. The smallest absolute Gasteiger partial charge is 0.335 e. The lowest BCUT2D eigenvalue weighted by Crippen LogP contribution is -2.38. The lowest BCUT2D eigenvalue weighted by molar-refractivity contribution is -0.166. The Hall–Kier alpha value is -2.40. The van der Waals surface area contributed by atoms with Gasteiger partial charge in [-0.05, 0) is 36.6 Å². The van der Waals surface area contributed by atoms with Gasteiger partial charge in [0.05, 0.1) is 19.1 Å². The Balaban J connectivity index is 2.33. The van der Waals surface area contributed by atoms with E-state index < -0.39 is 24.0 Å². The molecule has 5 heteroatoms. The van der Waals surface area contributed by atoms with E-state index in [1.165, 1.54) is 0 Å². The van der Waals surface area contributed by atoms with Gasteiger partial charge in [-0.15, -0.1) is 0 Å². The summed E-state index contributed by atoms with van der Waals surface area (Å²) in [6.45, 7) is 3.65. The van der Waals surface area contributed by atoms with Crippen LogP contribution in [0.2, 0.25) is 0 Å². The average Bonchev–Trinajstić information content (AvgIpc) is 2.59. The molecule has 128 valence electrons. The number of carbonyl (C=O) groups is 2. The molecule has 24 heavy (non-hydrogen) atoms. The molecule has 5 nitrogen and oxygen atoms in total. The number of aliphatic hydroxyl groups excluding tert-OH is 1. The molecule has 2 atom stereocenters. The van der Waals surface area contributed by atoms with Crippen molar-refractivity contribution in [1.29, 1.82) is 0 Å². The van der Waals surface area contributed by atoms with Crippen LogP contribution < -0.4 is 0 Å². The molecule has 0 fully saturated rings. The number of rotatable bonds is 7. The zero-order valence-corrected chi connectivity index (χ0v) is 13.9. The third-order valence-corrected chi connectivity index (χ3v) is 3.82. The molecule has 0 saturated heterocycles. The molecule has 1 N–H and O–H groups in total. The van der Waals surface area contributed by atoms with Crippen LogP contribution in [0.3, 0.4) is 0 Å². The van der Waals surface area contributed by atoms with E-state index in [0.29, 0.717) is 0 Å². The highest BCUT2D eigenvalue weighted by atomic mass is 16.6. The monoisotopic (exact) mass is 330 g/mol. The van der Waals surface area contributed by atoms with E-state index in [-0.39, 0.29) is 19.6 Å². The summed E-state index contributed by atoms with van der Waals surface area (Å²) in [5, 5.41) is 12.3. The van der Waals surface area contributed by atoms with Gasteiger partial charge in [-0.3, -0.25) is 4.79 Å². The van der Waals surface area contributed by atoms with Crippen molar-refractivity contribution in [2.24, 2.45) is 5.92 Å². The molecule has 0 aliphatic heterocycles. The Morgan fingerprint density at radius 1 is 0.958 bits per heavy atom. The van der Waals surface area contributed by atoms with E-state index >= 15 is 0 Å². The third kappa shape index (κ3) is 4.11. The number of esters is 2. The Kier molecular flexibility index (Phi) is 6.32. The van der Waals surface area contributed by atoms with E-state index in [1.807, 2.05) is 42.5 Å². The van der Waals surface area contributed by atoms with Crippen LogP contribution in [0, 0.1) is 5.92 Å². The molecule has 0 aliphatic rings. The van der Waals surface area contributed by atoms with Gasteiger partial charge in [0.25, 0.3) is 0 Å². The lowest BCUT2D eigenvalue weighted by Gasteiger charge is -2.20. The molecular formula is C19H22O5. The third-order valence-electron chi connectivity index (χ3n) is 3.82. The highest BCUT2D eigenvalue weighted by Crippen LogP contribution is 2.23. The molecule has 0 amide bonds. The number of hydrogen-bond donors (Lipinski definition) is 1. The van der Waals surface area contributed by atoms with Crippen LogP contribution in [0.5, 0.6) is 0 Å². The summed E-state index contributed by atoms with van der Waals surface area (Å²) < 4.78 is 9.87. The number of ether oxygens (including phenoxy) is 2. The van der Waals surface area contributed by atoms with Crippen molar-refractivity contribution in [2.75, 3.05) is 13.2 Å². The van der Waals surface area contributed by atoms with Crippen molar-refractivity contribution in [3.8, 4) is 0 Å². The summed E-state index contributed by atoms with van der Waals surface area (Å²) in [5.41, 5.74) is 0.870. The number of aliphatic hydroxyl groups is 1. The van der Waals surface area contributed by atoms with Crippen LogP contribution in [0.25, 0.3) is 10.8 Å². The van der Waals surface area contributed by atoms with Crippen molar-refractivity contribution < 1.29 is 24.2 Å². The molecule has 0 bridgehead atoms. The summed E-state index contributed by atoms with van der Waals surface area (Å²) in [5.74, 6) is -2.42. The van der Waals surface area contributed by atoms with Gasteiger partial charge < -0.3 is 14.6 Å². The molecule has 0 saturated carbocycles. The molecule has 0 aliphatic carbocycles. The van der Waals surface area contributed by atoms with Gasteiger partial charge in [0.2, 0.25) is 0 Å². The fourth-order valence-electron chi connectivity index (χ4n) is 2.67.